The standard InChI is InChI=1S/C15H20N2O3/c1-2-20-14-11-13(17-7-9-19-10-8-17)5-3-12(14)4-6-15(16)18/h3-6,11H,2,7-10H2,1H3,(H2,16,18)/b6-4+. The smallest absolute Gasteiger partial charge is 0.241 e. The number of nitrogens with two attached hydrogens (primary N) is 1. The lowest BCUT2D eigenvalue weighted by molar-refractivity contribution is -0.113. The van der Waals surface area contributed by atoms with Crippen LogP contribution in [0.5, 0.6) is 5.75 Å². The lowest BCUT2D eigenvalue weighted by Gasteiger charge is -2.29. The van der Waals surface area contributed by atoms with Crippen LogP contribution in [0, 0.1) is 0 Å². The number of ether oxygens (including phenoxy) is 2. The van der Waals surface area contributed by atoms with E-state index in [1.165, 1.54) is 6.08 Å². The molecular weight excluding hydrogens is 256 g/mol. The zero-order chi connectivity index (χ0) is 14.4. The molecule has 108 valence electrons. The average molecular weight is 276 g/mol. The first-order chi connectivity index (χ1) is 9.70. The summed E-state index contributed by atoms with van der Waals surface area (Å²) in [5, 5.41) is 0. The number of hydrogen-bond acceptors (Lipinski definition) is 4. The lowest BCUT2D eigenvalue weighted by atomic mass is 10.1. The van der Waals surface area contributed by atoms with Crippen molar-refractivity contribution in [3.8, 4) is 5.75 Å². The molecule has 2 N–H and O–H groups in total. The van der Waals surface area contributed by atoms with Crippen molar-refractivity contribution < 1.29 is 14.3 Å². The normalized spacial score (nSPS) is 15.6. The highest BCUT2D eigenvalue weighted by Crippen LogP contribution is 2.27. The molecule has 0 atom stereocenters. The molecular formula is C15H20N2O3. The summed E-state index contributed by atoms with van der Waals surface area (Å²) in [7, 11) is 0. The summed E-state index contributed by atoms with van der Waals surface area (Å²) >= 11 is 0. The van der Waals surface area contributed by atoms with Crippen molar-refractivity contribution in [2.24, 2.45) is 5.73 Å². The van der Waals surface area contributed by atoms with Gasteiger partial charge in [0.15, 0.2) is 0 Å². The highest BCUT2D eigenvalue weighted by atomic mass is 16.5. The molecule has 1 aliphatic rings. The molecule has 1 saturated heterocycles. The summed E-state index contributed by atoms with van der Waals surface area (Å²) in [6, 6.07) is 5.96. The van der Waals surface area contributed by atoms with Gasteiger partial charge in [-0.2, -0.15) is 0 Å². The fraction of sp³-hybridized carbons (Fsp3) is 0.400. The van der Waals surface area contributed by atoms with Crippen LogP contribution < -0.4 is 15.4 Å². The summed E-state index contributed by atoms with van der Waals surface area (Å²) < 4.78 is 11.0. The van der Waals surface area contributed by atoms with Crippen molar-refractivity contribution >= 4 is 17.7 Å². The Morgan fingerprint density at radius 3 is 2.85 bits per heavy atom. The maximum Gasteiger partial charge on any atom is 0.241 e. The molecule has 0 spiro atoms. The quantitative estimate of drug-likeness (QED) is 0.826. The van der Waals surface area contributed by atoms with Gasteiger partial charge in [0, 0.05) is 36.5 Å². The molecule has 0 saturated carbocycles. The minimum absolute atomic E-state index is 0.468. The molecule has 1 aliphatic heterocycles. The third-order valence-corrected chi connectivity index (χ3v) is 3.10. The van der Waals surface area contributed by atoms with E-state index in [0.717, 1.165) is 43.3 Å². The van der Waals surface area contributed by atoms with Crippen LogP contribution in [-0.4, -0.2) is 38.8 Å². The number of rotatable bonds is 5. The number of benzene rings is 1. The SMILES string of the molecule is CCOc1cc(N2CCOCC2)ccc1/C=C/C(N)=O. The number of morpholine rings is 1. The van der Waals surface area contributed by atoms with Crippen molar-refractivity contribution in [2.75, 3.05) is 37.8 Å². The summed E-state index contributed by atoms with van der Waals surface area (Å²) in [6.45, 7) is 5.75. The lowest BCUT2D eigenvalue weighted by Crippen LogP contribution is -2.36. The van der Waals surface area contributed by atoms with Gasteiger partial charge in [0.1, 0.15) is 5.75 Å². The second-order valence-corrected chi connectivity index (χ2v) is 4.49. The topological polar surface area (TPSA) is 64.8 Å². The van der Waals surface area contributed by atoms with E-state index in [0.29, 0.717) is 6.61 Å². The van der Waals surface area contributed by atoms with Gasteiger partial charge in [-0.1, -0.05) is 0 Å². The molecule has 5 heteroatoms. The van der Waals surface area contributed by atoms with Gasteiger partial charge in [-0.05, 0) is 25.1 Å². The Kier molecular flexibility index (Phi) is 5.01. The first-order valence-corrected chi connectivity index (χ1v) is 6.77. The maximum atomic E-state index is 10.8. The Balaban J connectivity index is 2.23. The zero-order valence-corrected chi connectivity index (χ0v) is 11.7. The summed E-state index contributed by atoms with van der Waals surface area (Å²) in [5.74, 6) is 0.290. The fourth-order valence-electron chi connectivity index (χ4n) is 2.13. The third-order valence-electron chi connectivity index (χ3n) is 3.10. The van der Waals surface area contributed by atoms with Crippen LogP contribution in [0.25, 0.3) is 6.08 Å². The highest BCUT2D eigenvalue weighted by Gasteiger charge is 2.13. The predicted octanol–water partition coefficient (Wildman–Crippen LogP) is 1.42. The molecule has 0 unspecified atom stereocenters. The number of hydrogen-bond donors (Lipinski definition) is 1. The molecule has 0 aromatic heterocycles. The van der Waals surface area contributed by atoms with Gasteiger partial charge in [-0.3, -0.25) is 4.79 Å². The van der Waals surface area contributed by atoms with Gasteiger partial charge in [0.25, 0.3) is 0 Å². The van der Waals surface area contributed by atoms with Gasteiger partial charge in [0.2, 0.25) is 5.91 Å². The van der Waals surface area contributed by atoms with Crippen LogP contribution in [-0.2, 0) is 9.53 Å². The van der Waals surface area contributed by atoms with E-state index in [1.807, 2.05) is 25.1 Å². The molecule has 20 heavy (non-hydrogen) atoms. The van der Waals surface area contributed by atoms with E-state index >= 15 is 0 Å². The minimum Gasteiger partial charge on any atom is -0.493 e. The van der Waals surface area contributed by atoms with Gasteiger partial charge < -0.3 is 20.1 Å². The monoisotopic (exact) mass is 276 g/mol. The first-order valence-electron chi connectivity index (χ1n) is 6.77. The summed E-state index contributed by atoms with van der Waals surface area (Å²) in [6.07, 6.45) is 3.02. The largest absolute Gasteiger partial charge is 0.493 e. The number of anilines is 1. The Morgan fingerprint density at radius 2 is 2.20 bits per heavy atom. The molecule has 0 bridgehead atoms. The number of carbonyl (C=O) groups excluding carboxylic acids is 1. The molecule has 0 aliphatic carbocycles. The van der Waals surface area contributed by atoms with Gasteiger partial charge in [-0.15, -0.1) is 0 Å². The first kappa shape index (κ1) is 14.4. The molecule has 5 nitrogen and oxygen atoms in total. The number of primary amides is 1. The third kappa shape index (κ3) is 3.74. The fourth-order valence-corrected chi connectivity index (χ4v) is 2.13. The van der Waals surface area contributed by atoms with Gasteiger partial charge in [0.05, 0.1) is 19.8 Å². The molecule has 2 rings (SSSR count). The zero-order valence-electron chi connectivity index (χ0n) is 11.7. The molecule has 1 amide bonds. The van der Waals surface area contributed by atoms with E-state index in [1.54, 1.807) is 6.08 Å². The Morgan fingerprint density at radius 1 is 1.45 bits per heavy atom. The number of carbonyl (C=O) groups is 1. The van der Waals surface area contributed by atoms with Crippen LogP contribution in [0.2, 0.25) is 0 Å². The maximum absolute atomic E-state index is 10.8. The van der Waals surface area contributed by atoms with Crippen molar-refractivity contribution in [1.29, 1.82) is 0 Å². The number of amides is 1. The minimum atomic E-state index is -0.468. The van der Waals surface area contributed by atoms with Crippen LogP contribution in [0.3, 0.4) is 0 Å². The van der Waals surface area contributed by atoms with E-state index in [9.17, 15) is 4.79 Å². The van der Waals surface area contributed by atoms with Crippen molar-refractivity contribution in [3.63, 3.8) is 0 Å². The molecule has 0 radical (unpaired) electrons. The van der Waals surface area contributed by atoms with Crippen LogP contribution in [0.4, 0.5) is 5.69 Å². The second-order valence-electron chi connectivity index (χ2n) is 4.49. The van der Waals surface area contributed by atoms with Crippen LogP contribution >= 0.6 is 0 Å². The van der Waals surface area contributed by atoms with E-state index < -0.39 is 5.91 Å². The van der Waals surface area contributed by atoms with Gasteiger partial charge >= 0.3 is 0 Å². The summed E-state index contributed by atoms with van der Waals surface area (Å²) in [4.78, 5) is 13.1. The second kappa shape index (κ2) is 6.96. The molecule has 1 aromatic carbocycles. The summed E-state index contributed by atoms with van der Waals surface area (Å²) in [5.41, 5.74) is 7.08. The predicted molar refractivity (Wildman–Crippen MR) is 78.9 cm³/mol. The molecule has 1 heterocycles. The Hall–Kier alpha value is -2.01. The number of nitrogens with zero attached hydrogens (tertiary/aromatic N) is 1. The Labute approximate surface area is 119 Å². The van der Waals surface area contributed by atoms with Crippen LogP contribution in [0.1, 0.15) is 12.5 Å². The van der Waals surface area contributed by atoms with Crippen LogP contribution in [0.15, 0.2) is 24.3 Å². The highest BCUT2D eigenvalue weighted by molar-refractivity contribution is 5.90. The molecule has 1 aromatic rings. The van der Waals surface area contributed by atoms with E-state index in [4.69, 9.17) is 15.2 Å². The van der Waals surface area contributed by atoms with Crippen molar-refractivity contribution in [2.45, 2.75) is 6.92 Å². The Bertz CT molecular complexity index is 494. The molecule has 1 fully saturated rings. The van der Waals surface area contributed by atoms with Gasteiger partial charge in [-0.25, -0.2) is 0 Å². The van der Waals surface area contributed by atoms with Crippen molar-refractivity contribution in [3.05, 3.63) is 29.8 Å². The van der Waals surface area contributed by atoms with E-state index in [-0.39, 0.29) is 0 Å². The van der Waals surface area contributed by atoms with E-state index in [2.05, 4.69) is 4.90 Å². The average Bonchev–Trinajstić information content (AvgIpc) is 2.47. The van der Waals surface area contributed by atoms with Crippen molar-refractivity contribution in [1.82, 2.24) is 0 Å².